The van der Waals surface area contributed by atoms with Crippen LogP contribution in [0.4, 0.5) is 34.2 Å². The zero-order chi connectivity index (χ0) is 25.8. The zero-order valence-corrected chi connectivity index (χ0v) is 19.8. The van der Waals surface area contributed by atoms with Gasteiger partial charge in [-0.2, -0.15) is 13.2 Å². The number of pyridine rings is 1. The average molecular weight is 541 g/mol. The fourth-order valence-electron chi connectivity index (χ4n) is 4.74. The molecule has 1 aliphatic carbocycles. The Morgan fingerprint density at radius 1 is 1.22 bits per heavy atom. The van der Waals surface area contributed by atoms with E-state index in [4.69, 9.17) is 11.6 Å². The van der Waals surface area contributed by atoms with Crippen molar-refractivity contribution in [1.82, 2.24) is 9.97 Å². The van der Waals surface area contributed by atoms with Crippen molar-refractivity contribution in [1.29, 1.82) is 0 Å². The van der Waals surface area contributed by atoms with Gasteiger partial charge < -0.3 is 10.0 Å². The minimum atomic E-state index is -4.96. The Kier molecular flexibility index (Phi) is 6.11. The van der Waals surface area contributed by atoms with E-state index < -0.39 is 35.1 Å². The summed E-state index contributed by atoms with van der Waals surface area (Å²) in [7, 11) is 0. The number of nitrogens with zero attached hydrogens (tertiary/aromatic N) is 4. The lowest BCUT2D eigenvalue weighted by Gasteiger charge is -2.28. The Morgan fingerprint density at radius 3 is 2.64 bits per heavy atom. The summed E-state index contributed by atoms with van der Waals surface area (Å²) in [6.45, 7) is 1.01. The number of halogens is 5. The smallest absolute Gasteiger partial charge is 0.419 e. The largest absolute Gasteiger partial charge is 0.481 e. The maximum absolute atomic E-state index is 15.0. The van der Waals surface area contributed by atoms with Crippen LogP contribution in [0.2, 0.25) is 5.02 Å². The number of carbonyl (C=O) groups excluding carboxylic acids is 1. The molecule has 1 saturated carbocycles. The number of alkyl halides is 3. The number of hydrogen-bond acceptors (Lipinski definition) is 6. The summed E-state index contributed by atoms with van der Waals surface area (Å²) in [4.78, 5) is 35.7. The number of anilines is 3. The number of benzene rings is 1. The highest BCUT2D eigenvalue weighted by Gasteiger charge is 2.57. The first-order valence-corrected chi connectivity index (χ1v) is 12.1. The normalized spacial score (nSPS) is 21.1. The van der Waals surface area contributed by atoms with Gasteiger partial charge in [-0.3, -0.25) is 9.59 Å². The topological polar surface area (TPSA) is 86.6 Å². The number of carboxylic acid groups (broad SMARTS) is 1. The van der Waals surface area contributed by atoms with Gasteiger partial charge in [0.25, 0.3) is 5.91 Å². The van der Waals surface area contributed by atoms with Gasteiger partial charge in [-0.1, -0.05) is 17.7 Å². The van der Waals surface area contributed by atoms with Gasteiger partial charge >= 0.3 is 12.1 Å². The molecule has 1 aromatic carbocycles. The summed E-state index contributed by atoms with van der Waals surface area (Å²) in [6.07, 6.45) is -1.73. The van der Waals surface area contributed by atoms with Crippen LogP contribution in [0.3, 0.4) is 0 Å². The maximum Gasteiger partial charge on any atom is 0.419 e. The van der Waals surface area contributed by atoms with Crippen LogP contribution in [0.1, 0.15) is 22.3 Å². The monoisotopic (exact) mass is 540 g/mol. The molecule has 2 fully saturated rings. The molecule has 3 aromatic rings. The minimum Gasteiger partial charge on any atom is -0.481 e. The highest BCUT2D eigenvalue weighted by atomic mass is 35.5. The number of carboxylic acids is 1. The second kappa shape index (κ2) is 9.00. The Morgan fingerprint density at radius 2 is 2.00 bits per heavy atom. The molecule has 3 heterocycles. The molecular formula is C23H17ClF4N4O3S. The molecule has 3 atom stereocenters. The molecule has 5 rings (SSSR count). The third-order valence-corrected chi connectivity index (χ3v) is 7.52. The predicted octanol–water partition coefficient (Wildman–Crippen LogP) is 5.48. The maximum atomic E-state index is 15.0. The van der Waals surface area contributed by atoms with Crippen LogP contribution in [0.25, 0.3) is 0 Å². The summed E-state index contributed by atoms with van der Waals surface area (Å²) in [5.74, 6) is -3.18. The van der Waals surface area contributed by atoms with Crippen LogP contribution in [0.15, 0.2) is 42.0 Å². The molecule has 1 aliphatic heterocycles. The first-order chi connectivity index (χ1) is 17.1. The van der Waals surface area contributed by atoms with Crippen LogP contribution < -0.4 is 9.80 Å². The van der Waals surface area contributed by atoms with Crippen molar-refractivity contribution in [3.8, 4) is 0 Å². The van der Waals surface area contributed by atoms with E-state index in [-0.39, 0.29) is 33.5 Å². The third-order valence-electron chi connectivity index (χ3n) is 6.49. The van der Waals surface area contributed by atoms with E-state index in [2.05, 4.69) is 9.97 Å². The van der Waals surface area contributed by atoms with Gasteiger partial charge in [0, 0.05) is 30.9 Å². The van der Waals surface area contributed by atoms with Crippen LogP contribution >= 0.6 is 22.9 Å². The van der Waals surface area contributed by atoms with Gasteiger partial charge in [0.2, 0.25) is 0 Å². The van der Waals surface area contributed by atoms with Crippen molar-refractivity contribution >= 4 is 51.5 Å². The molecule has 0 radical (unpaired) electrons. The van der Waals surface area contributed by atoms with Crippen molar-refractivity contribution < 1.29 is 32.3 Å². The Labute approximate surface area is 211 Å². The van der Waals surface area contributed by atoms with Crippen molar-refractivity contribution in [3.05, 3.63) is 64.0 Å². The zero-order valence-electron chi connectivity index (χ0n) is 18.2. The van der Waals surface area contributed by atoms with E-state index in [9.17, 15) is 32.3 Å². The number of carbonyl (C=O) groups is 2. The standard InChI is InChI=1S/C23H17ClF4N4O3S/c24-15-8-11(9-30-19(15)31-6-4-12-13(10-31)17(12)21(34)35)20(33)32(22-29-5-7-36-22)16-3-1-2-14(18(16)25)23(26,27)28/h1-3,5,7-9,12-13,17H,4,6,10H2,(H,34,35). The molecule has 0 bridgehead atoms. The summed E-state index contributed by atoms with van der Waals surface area (Å²) >= 11 is 7.38. The van der Waals surface area contributed by atoms with Crippen molar-refractivity contribution in [2.75, 3.05) is 22.9 Å². The number of amides is 1. The molecule has 3 unspecified atom stereocenters. The molecule has 2 aromatic heterocycles. The van der Waals surface area contributed by atoms with Crippen LogP contribution in [-0.2, 0) is 11.0 Å². The first kappa shape index (κ1) is 24.4. The van der Waals surface area contributed by atoms with E-state index in [1.54, 1.807) is 0 Å². The molecule has 188 valence electrons. The number of thiazole rings is 1. The molecule has 1 N–H and O–H groups in total. The van der Waals surface area contributed by atoms with Crippen molar-refractivity contribution in [2.24, 2.45) is 17.8 Å². The number of rotatable bonds is 5. The lowest BCUT2D eigenvalue weighted by molar-refractivity contribution is -0.140. The quantitative estimate of drug-likeness (QED) is 0.431. The number of fused-ring (bicyclic) bond motifs is 1. The number of piperidine rings is 1. The Bertz CT molecular complexity index is 1340. The second-order valence-corrected chi connectivity index (χ2v) is 9.83. The predicted molar refractivity (Wildman–Crippen MR) is 124 cm³/mol. The second-order valence-electron chi connectivity index (χ2n) is 8.55. The van der Waals surface area contributed by atoms with E-state index in [1.165, 1.54) is 23.8 Å². The number of aliphatic carboxylic acids is 1. The molecule has 2 aliphatic rings. The van der Waals surface area contributed by atoms with Crippen molar-refractivity contribution in [2.45, 2.75) is 12.6 Å². The van der Waals surface area contributed by atoms with Gasteiger partial charge in [0.15, 0.2) is 10.9 Å². The van der Waals surface area contributed by atoms with E-state index in [1.807, 2.05) is 4.90 Å². The average Bonchev–Trinajstić information content (AvgIpc) is 3.30. The Hall–Kier alpha value is -3.25. The molecule has 1 saturated heterocycles. The van der Waals surface area contributed by atoms with Crippen molar-refractivity contribution in [3.63, 3.8) is 0 Å². The summed E-state index contributed by atoms with van der Waals surface area (Å²) in [6, 6.07) is 3.97. The molecule has 13 heteroatoms. The van der Waals surface area contributed by atoms with E-state index >= 15 is 0 Å². The van der Waals surface area contributed by atoms with Gasteiger partial charge in [-0.15, -0.1) is 11.3 Å². The highest BCUT2D eigenvalue weighted by molar-refractivity contribution is 7.14. The molecule has 0 spiro atoms. The van der Waals surface area contributed by atoms with Gasteiger partial charge in [0.1, 0.15) is 5.82 Å². The van der Waals surface area contributed by atoms with Gasteiger partial charge in [0.05, 0.1) is 27.8 Å². The summed E-state index contributed by atoms with van der Waals surface area (Å²) < 4.78 is 54.9. The summed E-state index contributed by atoms with van der Waals surface area (Å²) in [5, 5.41) is 10.9. The van der Waals surface area contributed by atoms with E-state index in [0.717, 1.165) is 28.4 Å². The fraction of sp³-hybridized carbons (Fsp3) is 0.304. The fourth-order valence-corrected chi connectivity index (χ4v) is 5.68. The Balaban J connectivity index is 1.46. The lowest BCUT2D eigenvalue weighted by atomic mass is 10.1. The van der Waals surface area contributed by atoms with E-state index in [0.29, 0.717) is 31.4 Å². The third kappa shape index (κ3) is 4.28. The first-order valence-electron chi connectivity index (χ1n) is 10.8. The van der Waals surface area contributed by atoms with Crippen LogP contribution in [-0.4, -0.2) is 40.0 Å². The molecule has 36 heavy (non-hydrogen) atoms. The lowest BCUT2D eigenvalue weighted by Crippen LogP contribution is -2.32. The number of hydrogen-bond donors (Lipinski definition) is 1. The minimum absolute atomic E-state index is 0.000274. The molecule has 1 amide bonds. The van der Waals surface area contributed by atoms with Crippen LogP contribution in [0, 0.1) is 23.6 Å². The van der Waals surface area contributed by atoms with Crippen LogP contribution in [0.5, 0.6) is 0 Å². The SMILES string of the molecule is O=C(O)C1C2CCN(c3ncc(C(=O)N(c4nccs4)c4cccc(C(F)(F)F)c4F)cc3Cl)CC21. The molecular weight excluding hydrogens is 524 g/mol. The van der Waals surface area contributed by atoms with Gasteiger partial charge in [-0.25, -0.2) is 19.3 Å². The highest BCUT2D eigenvalue weighted by Crippen LogP contribution is 2.52. The number of aromatic nitrogens is 2. The molecule has 7 nitrogen and oxygen atoms in total. The van der Waals surface area contributed by atoms with Gasteiger partial charge in [-0.05, 0) is 36.5 Å². The summed E-state index contributed by atoms with van der Waals surface area (Å²) in [5.41, 5.74) is -2.20.